The van der Waals surface area contributed by atoms with E-state index in [4.69, 9.17) is 26.3 Å². The number of methoxy groups -OCH3 is 1. The Morgan fingerprint density at radius 3 is 2.55 bits per heavy atom. The zero-order valence-electron chi connectivity index (χ0n) is 16.9. The molecule has 3 rings (SSSR count). The number of anilines is 1. The number of amides is 1. The van der Waals surface area contributed by atoms with Gasteiger partial charge in [0.2, 0.25) is 5.91 Å². The number of carbonyl (C=O) groups excluding carboxylic acids is 2. The van der Waals surface area contributed by atoms with Crippen molar-refractivity contribution in [2.24, 2.45) is 0 Å². The molecule has 8 nitrogen and oxygen atoms in total. The molecule has 1 amide bonds. The molecule has 0 spiro atoms. The molecule has 1 N–H and O–H groups in total. The minimum absolute atomic E-state index is 0.0634. The summed E-state index contributed by atoms with van der Waals surface area (Å²) in [6, 6.07) is 14.1. The maximum atomic E-state index is 12.6. The van der Waals surface area contributed by atoms with E-state index in [-0.39, 0.29) is 29.6 Å². The molecule has 2 heterocycles. The predicted molar refractivity (Wildman–Crippen MR) is 115 cm³/mol. The lowest BCUT2D eigenvalue weighted by Gasteiger charge is -2.12. The number of halogens is 1. The molecule has 0 atom stereocenters. The van der Waals surface area contributed by atoms with Crippen molar-refractivity contribution < 1.29 is 19.1 Å². The van der Waals surface area contributed by atoms with E-state index >= 15 is 0 Å². The van der Waals surface area contributed by atoms with E-state index in [2.05, 4.69) is 10.3 Å². The first-order valence-electron chi connectivity index (χ1n) is 9.34. The fraction of sp³-hybridized carbons (Fsp3) is 0.182. The molecule has 3 aromatic rings. The lowest BCUT2D eigenvalue weighted by atomic mass is 10.1. The summed E-state index contributed by atoms with van der Waals surface area (Å²) in [5.74, 6) is -0.546. The Morgan fingerprint density at radius 2 is 1.97 bits per heavy atom. The fourth-order valence-corrected chi connectivity index (χ4v) is 3.24. The van der Waals surface area contributed by atoms with Gasteiger partial charge in [0.1, 0.15) is 17.3 Å². The maximum Gasteiger partial charge on any atom is 0.357 e. The first-order chi connectivity index (χ1) is 15.0. The molecule has 2 aromatic heterocycles. The number of benzene rings is 1. The summed E-state index contributed by atoms with van der Waals surface area (Å²) < 4.78 is 11.7. The summed E-state index contributed by atoms with van der Waals surface area (Å²) in [7, 11) is 1.57. The zero-order valence-corrected chi connectivity index (χ0v) is 17.6. The summed E-state index contributed by atoms with van der Waals surface area (Å²) in [5.41, 5.74) is 2.43. The highest BCUT2D eigenvalue weighted by molar-refractivity contribution is 6.31. The standard InChI is InChI=1S/C22H19ClN4O4/c1-3-31-22(29)21-18(26-20(28)10-11-24)12-19(23)27(21)15-6-4-14(5-7-15)17-9-8-16(30-2)13-25-17/h4-9,12-13H,3,10H2,1-2H3,(H,26,28). The van der Waals surface area contributed by atoms with Gasteiger partial charge in [-0.1, -0.05) is 23.7 Å². The minimum Gasteiger partial charge on any atom is -0.495 e. The first kappa shape index (κ1) is 21.9. The van der Waals surface area contributed by atoms with Crippen LogP contribution in [0, 0.1) is 11.3 Å². The van der Waals surface area contributed by atoms with Gasteiger partial charge in [-0.15, -0.1) is 0 Å². The van der Waals surface area contributed by atoms with Crippen LogP contribution in [0.2, 0.25) is 5.15 Å². The van der Waals surface area contributed by atoms with Crippen LogP contribution < -0.4 is 10.1 Å². The predicted octanol–water partition coefficient (Wildman–Crippen LogP) is 4.23. The number of pyridine rings is 1. The van der Waals surface area contributed by atoms with Gasteiger partial charge in [-0.2, -0.15) is 5.26 Å². The van der Waals surface area contributed by atoms with Gasteiger partial charge in [-0.25, -0.2) is 4.79 Å². The number of hydrogen-bond acceptors (Lipinski definition) is 6. The summed E-state index contributed by atoms with van der Waals surface area (Å²) in [4.78, 5) is 28.9. The average Bonchev–Trinajstić information content (AvgIpc) is 3.09. The van der Waals surface area contributed by atoms with Crippen molar-refractivity contribution in [1.29, 1.82) is 5.26 Å². The molecule has 0 bridgehead atoms. The largest absolute Gasteiger partial charge is 0.495 e. The topological polar surface area (TPSA) is 106 Å². The van der Waals surface area contributed by atoms with Crippen molar-refractivity contribution in [2.45, 2.75) is 13.3 Å². The Morgan fingerprint density at radius 1 is 1.23 bits per heavy atom. The van der Waals surface area contributed by atoms with Crippen molar-refractivity contribution >= 4 is 29.2 Å². The summed E-state index contributed by atoms with van der Waals surface area (Å²) in [6.45, 7) is 1.83. The molecule has 0 radical (unpaired) electrons. The van der Waals surface area contributed by atoms with E-state index in [0.717, 1.165) is 11.3 Å². The molecule has 31 heavy (non-hydrogen) atoms. The Balaban J connectivity index is 2.00. The van der Waals surface area contributed by atoms with Crippen LogP contribution >= 0.6 is 11.6 Å². The number of rotatable bonds is 7. The van der Waals surface area contributed by atoms with Crippen LogP contribution in [0.5, 0.6) is 5.75 Å². The van der Waals surface area contributed by atoms with E-state index < -0.39 is 11.9 Å². The first-order valence-corrected chi connectivity index (χ1v) is 9.72. The smallest absolute Gasteiger partial charge is 0.357 e. The Kier molecular flexibility index (Phi) is 6.90. The molecule has 0 saturated heterocycles. The van der Waals surface area contributed by atoms with Crippen LogP contribution in [0.3, 0.4) is 0 Å². The molecule has 0 unspecified atom stereocenters. The Labute approximate surface area is 184 Å². The molecule has 9 heteroatoms. The second kappa shape index (κ2) is 9.78. The number of nitrogens with one attached hydrogen (secondary N) is 1. The van der Waals surface area contributed by atoms with E-state index in [9.17, 15) is 9.59 Å². The van der Waals surface area contributed by atoms with Crippen LogP contribution in [-0.2, 0) is 9.53 Å². The molecule has 0 fully saturated rings. The summed E-state index contributed by atoms with van der Waals surface area (Å²) >= 11 is 6.39. The van der Waals surface area contributed by atoms with Gasteiger partial charge >= 0.3 is 5.97 Å². The lowest BCUT2D eigenvalue weighted by Crippen LogP contribution is -2.17. The van der Waals surface area contributed by atoms with Crippen LogP contribution in [0.25, 0.3) is 16.9 Å². The molecule has 0 aliphatic heterocycles. The van der Waals surface area contributed by atoms with Crippen LogP contribution in [-0.4, -0.2) is 35.1 Å². The number of aromatic nitrogens is 2. The van der Waals surface area contributed by atoms with Crippen molar-refractivity contribution in [3.05, 3.63) is 59.5 Å². The molecular weight excluding hydrogens is 420 g/mol. The van der Waals surface area contributed by atoms with E-state index in [1.54, 1.807) is 38.4 Å². The van der Waals surface area contributed by atoms with Crippen LogP contribution in [0.4, 0.5) is 5.69 Å². The molecule has 0 saturated carbocycles. The summed E-state index contributed by atoms with van der Waals surface area (Å²) in [5, 5.41) is 11.5. The van der Waals surface area contributed by atoms with Gasteiger partial charge in [0.05, 0.1) is 37.4 Å². The zero-order chi connectivity index (χ0) is 22.4. The van der Waals surface area contributed by atoms with Crippen molar-refractivity contribution in [1.82, 2.24) is 9.55 Å². The van der Waals surface area contributed by atoms with E-state index in [0.29, 0.717) is 11.4 Å². The quantitative estimate of drug-likeness (QED) is 0.553. The lowest BCUT2D eigenvalue weighted by molar-refractivity contribution is -0.115. The highest BCUT2D eigenvalue weighted by Gasteiger charge is 2.24. The molecular formula is C22H19ClN4O4. The normalized spacial score (nSPS) is 10.3. The number of nitrogens with zero attached hydrogens (tertiary/aromatic N) is 3. The van der Waals surface area contributed by atoms with Gasteiger partial charge in [-0.3, -0.25) is 14.3 Å². The third-order valence-electron chi connectivity index (χ3n) is 4.33. The van der Waals surface area contributed by atoms with E-state index in [1.165, 1.54) is 10.6 Å². The van der Waals surface area contributed by atoms with E-state index in [1.807, 2.05) is 24.3 Å². The number of carbonyl (C=O) groups is 2. The maximum absolute atomic E-state index is 12.6. The third-order valence-corrected chi connectivity index (χ3v) is 4.61. The SMILES string of the molecule is CCOC(=O)c1c(NC(=O)CC#N)cc(Cl)n1-c1ccc(-c2ccc(OC)cn2)cc1. The monoisotopic (exact) mass is 438 g/mol. The van der Waals surface area contributed by atoms with Gasteiger partial charge in [-0.05, 0) is 37.3 Å². The van der Waals surface area contributed by atoms with Crippen LogP contribution in [0.15, 0.2) is 48.7 Å². The highest BCUT2D eigenvalue weighted by atomic mass is 35.5. The van der Waals surface area contributed by atoms with Gasteiger partial charge in [0.25, 0.3) is 0 Å². The van der Waals surface area contributed by atoms with Gasteiger partial charge in [0.15, 0.2) is 5.69 Å². The third kappa shape index (κ3) is 4.85. The molecule has 0 aliphatic carbocycles. The second-order valence-corrected chi connectivity index (χ2v) is 6.69. The molecule has 158 valence electrons. The van der Waals surface area contributed by atoms with Crippen molar-refractivity contribution in [3.8, 4) is 28.8 Å². The minimum atomic E-state index is -0.650. The highest BCUT2D eigenvalue weighted by Crippen LogP contribution is 2.31. The van der Waals surface area contributed by atoms with Crippen molar-refractivity contribution in [3.63, 3.8) is 0 Å². The number of nitriles is 1. The van der Waals surface area contributed by atoms with Gasteiger partial charge in [0, 0.05) is 11.3 Å². The fourth-order valence-electron chi connectivity index (χ4n) is 2.95. The molecule has 0 aliphatic rings. The van der Waals surface area contributed by atoms with Crippen molar-refractivity contribution in [2.75, 3.05) is 19.0 Å². The Hall–Kier alpha value is -3.83. The van der Waals surface area contributed by atoms with Gasteiger partial charge < -0.3 is 14.8 Å². The number of hydrogen-bond donors (Lipinski definition) is 1. The molecule has 1 aromatic carbocycles. The average molecular weight is 439 g/mol. The summed E-state index contributed by atoms with van der Waals surface area (Å²) in [6.07, 6.45) is 1.27. The number of ether oxygens (including phenoxy) is 2. The number of esters is 1. The van der Waals surface area contributed by atoms with Crippen LogP contribution in [0.1, 0.15) is 23.8 Å². The Bertz CT molecular complexity index is 1130. The second-order valence-electron chi connectivity index (χ2n) is 6.30.